The molecule has 0 aliphatic carbocycles. The largest absolute Gasteiger partial charge is 0.328 e. The number of hydrogen-bond donors (Lipinski definition) is 2. The van der Waals surface area contributed by atoms with Crippen molar-refractivity contribution in [1.29, 1.82) is 0 Å². The molecule has 0 unspecified atom stereocenters. The number of benzene rings is 1. The number of rotatable bonds is 3. The zero-order valence-electron chi connectivity index (χ0n) is 11.3. The average Bonchev–Trinajstić information content (AvgIpc) is 2.92. The number of hydrogen-bond acceptors (Lipinski definition) is 4. The summed E-state index contributed by atoms with van der Waals surface area (Å²) >= 11 is 0. The Morgan fingerprint density at radius 2 is 2.15 bits per heavy atom. The molecule has 3 rings (SSSR count). The molecule has 2 heterocycles. The number of para-hydroxylation sites is 2. The molecule has 20 heavy (non-hydrogen) atoms. The first-order chi connectivity index (χ1) is 9.59. The predicted molar refractivity (Wildman–Crippen MR) is 76.9 cm³/mol. The molecule has 7 heteroatoms. The SMILES string of the molecule is CN([C@@H]1CCCNC1)S(=O)(=O)c1nc2ccccc2[nH]1. The van der Waals surface area contributed by atoms with Gasteiger partial charge in [0.1, 0.15) is 0 Å². The van der Waals surface area contributed by atoms with Gasteiger partial charge in [-0.1, -0.05) is 12.1 Å². The third-order valence-electron chi connectivity index (χ3n) is 3.78. The Morgan fingerprint density at radius 3 is 2.85 bits per heavy atom. The number of fused-ring (bicyclic) bond motifs is 1. The normalized spacial score (nSPS) is 20.6. The standard InChI is InChI=1S/C13H18N4O2S/c1-17(10-5-4-8-14-9-10)20(18,19)13-15-11-6-2-3-7-12(11)16-13/h2-3,6-7,10,14H,4-5,8-9H2,1H3,(H,15,16)/t10-/m1/s1. The molecule has 0 amide bonds. The van der Waals surface area contributed by atoms with Crippen molar-refractivity contribution in [2.45, 2.75) is 24.0 Å². The van der Waals surface area contributed by atoms with Gasteiger partial charge in [-0.3, -0.25) is 0 Å². The molecule has 108 valence electrons. The Kier molecular flexibility index (Phi) is 3.49. The van der Waals surface area contributed by atoms with Gasteiger partial charge in [0, 0.05) is 19.6 Å². The van der Waals surface area contributed by atoms with Crippen LogP contribution in [0.1, 0.15) is 12.8 Å². The molecule has 0 spiro atoms. The molecular weight excluding hydrogens is 276 g/mol. The maximum Gasteiger partial charge on any atom is 0.276 e. The van der Waals surface area contributed by atoms with E-state index < -0.39 is 10.0 Å². The van der Waals surface area contributed by atoms with E-state index in [9.17, 15) is 8.42 Å². The number of aromatic nitrogens is 2. The molecular formula is C13H18N4O2S. The first-order valence-electron chi connectivity index (χ1n) is 6.72. The van der Waals surface area contributed by atoms with E-state index in [4.69, 9.17) is 0 Å². The second-order valence-electron chi connectivity index (χ2n) is 5.08. The van der Waals surface area contributed by atoms with Crippen LogP contribution >= 0.6 is 0 Å². The van der Waals surface area contributed by atoms with Gasteiger partial charge in [0.15, 0.2) is 0 Å². The summed E-state index contributed by atoms with van der Waals surface area (Å²) in [5.74, 6) is 0. The number of likely N-dealkylation sites (N-methyl/N-ethyl adjacent to an activating group) is 1. The zero-order chi connectivity index (χ0) is 14.2. The number of imidazole rings is 1. The number of piperidine rings is 1. The van der Waals surface area contributed by atoms with E-state index in [1.165, 1.54) is 4.31 Å². The van der Waals surface area contributed by atoms with Gasteiger partial charge in [-0.25, -0.2) is 13.4 Å². The lowest BCUT2D eigenvalue weighted by Gasteiger charge is -2.30. The van der Waals surface area contributed by atoms with Gasteiger partial charge in [0.05, 0.1) is 11.0 Å². The lowest BCUT2D eigenvalue weighted by Crippen LogP contribution is -2.46. The molecule has 1 atom stereocenters. The Labute approximate surface area is 118 Å². The highest BCUT2D eigenvalue weighted by molar-refractivity contribution is 7.89. The van der Waals surface area contributed by atoms with Gasteiger partial charge in [-0.2, -0.15) is 4.31 Å². The van der Waals surface area contributed by atoms with Crippen LogP contribution in [0.4, 0.5) is 0 Å². The van der Waals surface area contributed by atoms with Crippen LogP contribution in [0, 0.1) is 0 Å². The van der Waals surface area contributed by atoms with Crippen LogP contribution in [0.2, 0.25) is 0 Å². The first kappa shape index (κ1) is 13.5. The topological polar surface area (TPSA) is 78.1 Å². The van der Waals surface area contributed by atoms with Crippen LogP contribution < -0.4 is 5.32 Å². The highest BCUT2D eigenvalue weighted by Crippen LogP contribution is 2.20. The molecule has 1 fully saturated rings. The van der Waals surface area contributed by atoms with Crippen molar-refractivity contribution in [3.63, 3.8) is 0 Å². The molecule has 0 saturated carbocycles. The lowest BCUT2D eigenvalue weighted by molar-refractivity contribution is 0.299. The van der Waals surface area contributed by atoms with Crippen LogP contribution in [0.3, 0.4) is 0 Å². The molecule has 2 N–H and O–H groups in total. The maximum atomic E-state index is 12.6. The Bertz CT molecular complexity index is 671. The van der Waals surface area contributed by atoms with E-state index in [0.717, 1.165) is 24.9 Å². The van der Waals surface area contributed by atoms with Crippen LogP contribution in [0.5, 0.6) is 0 Å². The van der Waals surface area contributed by atoms with E-state index in [2.05, 4.69) is 15.3 Å². The van der Waals surface area contributed by atoms with Gasteiger partial charge in [0.2, 0.25) is 5.16 Å². The summed E-state index contributed by atoms with van der Waals surface area (Å²) in [6.45, 7) is 1.64. The van der Waals surface area contributed by atoms with Crippen LogP contribution in [-0.2, 0) is 10.0 Å². The lowest BCUT2D eigenvalue weighted by atomic mass is 10.1. The average molecular weight is 294 g/mol. The fraction of sp³-hybridized carbons (Fsp3) is 0.462. The second-order valence-corrected chi connectivity index (χ2v) is 6.99. The Morgan fingerprint density at radius 1 is 1.35 bits per heavy atom. The van der Waals surface area contributed by atoms with Crippen molar-refractivity contribution in [3.8, 4) is 0 Å². The highest BCUT2D eigenvalue weighted by atomic mass is 32.2. The van der Waals surface area contributed by atoms with Crippen molar-refractivity contribution in [3.05, 3.63) is 24.3 Å². The van der Waals surface area contributed by atoms with E-state index in [0.29, 0.717) is 12.1 Å². The molecule has 6 nitrogen and oxygen atoms in total. The summed E-state index contributed by atoms with van der Waals surface area (Å²) in [5, 5.41) is 3.25. The smallest absolute Gasteiger partial charge is 0.276 e. The van der Waals surface area contributed by atoms with Crippen LogP contribution in [-0.4, -0.2) is 48.9 Å². The summed E-state index contributed by atoms with van der Waals surface area (Å²) in [4.78, 5) is 7.09. The summed E-state index contributed by atoms with van der Waals surface area (Å²) in [5.41, 5.74) is 1.41. The van der Waals surface area contributed by atoms with Gasteiger partial charge in [0.25, 0.3) is 10.0 Å². The zero-order valence-corrected chi connectivity index (χ0v) is 12.2. The number of H-pyrrole nitrogens is 1. The van der Waals surface area contributed by atoms with Crippen molar-refractivity contribution < 1.29 is 8.42 Å². The van der Waals surface area contributed by atoms with Crippen molar-refractivity contribution in [1.82, 2.24) is 19.6 Å². The molecule has 0 radical (unpaired) electrons. The second kappa shape index (κ2) is 5.16. The fourth-order valence-electron chi connectivity index (χ4n) is 2.53. The van der Waals surface area contributed by atoms with Gasteiger partial charge in [-0.05, 0) is 31.5 Å². The van der Waals surface area contributed by atoms with Crippen molar-refractivity contribution in [2.75, 3.05) is 20.1 Å². The monoisotopic (exact) mass is 294 g/mol. The highest BCUT2D eigenvalue weighted by Gasteiger charge is 2.31. The minimum Gasteiger partial charge on any atom is -0.328 e. The summed E-state index contributed by atoms with van der Waals surface area (Å²) in [6, 6.07) is 7.30. The van der Waals surface area contributed by atoms with E-state index in [1.807, 2.05) is 18.2 Å². The first-order valence-corrected chi connectivity index (χ1v) is 8.16. The van der Waals surface area contributed by atoms with Crippen LogP contribution in [0.25, 0.3) is 11.0 Å². The molecule has 0 bridgehead atoms. The molecule has 1 aliphatic rings. The van der Waals surface area contributed by atoms with Crippen molar-refractivity contribution in [2.24, 2.45) is 0 Å². The summed E-state index contributed by atoms with van der Waals surface area (Å²) in [6.07, 6.45) is 1.87. The third-order valence-corrected chi connectivity index (χ3v) is 5.51. The van der Waals surface area contributed by atoms with Crippen LogP contribution in [0.15, 0.2) is 29.4 Å². The number of sulfonamides is 1. The minimum atomic E-state index is -3.57. The summed E-state index contributed by atoms with van der Waals surface area (Å²) in [7, 11) is -1.95. The van der Waals surface area contributed by atoms with Gasteiger partial charge < -0.3 is 10.3 Å². The maximum absolute atomic E-state index is 12.6. The van der Waals surface area contributed by atoms with E-state index in [1.54, 1.807) is 13.1 Å². The molecule has 1 aromatic carbocycles. The van der Waals surface area contributed by atoms with Gasteiger partial charge in [-0.15, -0.1) is 0 Å². The van der Waals surface area contributed by atoms with E-state index in [-0.39, 0.29) is 11.2 Å². The Hall–Kier alpha value is -1.44. The predicted octanol–water partition coefficient (Wildman–Crippen LogP) is 0.935. The number of aromatic amines is 1. The third kappa shape index (κ3) is 2.32. The number of nitrogens with zero attached hydrogens (tertiary/aromatic N) is 2. The fourth-order valence-corrected chi connectivity index (χ4v) is 3.83. The molecule has 1 aromatic heterocycles. The van der Waals surface area contributed by atoms with E-state index >= 15 is 0 Å². The molecule has 1 saturated heterocycles. The van der Waals surface area contributed by atoms with Crippen molar-refractivity contribution >= 4 is 21.1 Å². The van der Waals surface area contributed by atoms with Gasteiger partial charge >= 0.3 is 0 Å². The molecule has 2 aromatic rings. The Balaban J connectivity index is 1.93. The summed E-state index contributed by atoms with van der Waals surface area (Å²) < 4.78 is 26.6. The quantitative estimate of drug-likeness (QED) is 0.883. The molecule has 1 aliphatic heterocycles. The number of nitrogens with one attached hydrogen (secondary N) is 2. The minimum absolute atomic E-state index is 0.0121.